The fourth-order valence-corrected chi connectivity index (χ4v) is 1.81. The first kappa shape index (κ1) is 10.5. The van der Waals surface area contributed by atoms with Gasteiger partial charge in [0.1, 0.15) is 0 Å². The van der Waals surface area contributed by atoms with E-state index in [2.05, 4.69) is 37.4 Å². The molecule has 2 aromatic heterocycles. The average Bonchev–Trinajstić information content (AvgIpc) is 2.85. The summed E-state index contributed by atoms with van der Waals surface area (Å²) in [5.41, 5.74) is 8.35. The Morgan fingerprint density at radius 1 is 1.22 bits per heavy atom. The van der Waals surface area contributed by atoms with Crippen molar-refractivity contribution >= 4 is 22.9 Å². The van der Waals surface area contributed by atoms with Gasteiger partial charge in [-0.2, -0.15) is 4.98 Å². The third-order valence-corrected chi connectivity index (χ3v) is 2.65. The molecule has 3 aromatic rings. The lowest BCUT2D eigenvalue weighted by molar-refractivity contribution is -0.347. The molecular weight excluding hydrogens is 228 g/mol. The third-order valence-electron chi connectivity index (χ3n) is 2.65. The van der Waals surface area contributed by atoms with Crippen LogP contribution < -0.4 is 16.0 Å². The van der Waals surface area contributed by atoms with Crippen molar-refractivity contribution in [2.24, 2.45) is 0 Å². The fourth-order valence-electron chi connectivity index (χ4n) is 1.81. The van der Waals surface area contributed by atoms with Crippen molar-refractivity contribution in [2.45, 2.75) is 6.54 Å². The van der Waals surface area contributed by atoms with E-state index in [1.807, 2.05) is 18.2 Å². The maximum absolute atomic E-state index is 5.66. The molecule has 2 heterocycles. The van der Waals surface area contributed by atoms with E-state index >= 15 is 0 Å². The van der Waals surface area contributed by atoms with Crippen molar-refractivity contribution in [3.8, 4) is 0 Å². The lowest BCUT2D eigenvalue weighted by Gasteiger charge is -2.04. The summed E-state index contributed by atoms with van der Waals surface area (Å²) in [5.74, 6) is 0.941. The van der Waals surface area contributed by atoms with Crippen molar-refractivity contribution in [1.29, 1.82) is 0 Å². The minimum Gasteiger partial charge on any atom is -0.363 e. The zero-order valence-corrected chi connectivity index (χ0v) is 9.64. The molecule has 0 aliphatic carbocycles. The van der Waals surface area contributed by atoms with Gasteiger partial charge < -0.3 is 11.1 Å². The molecule has 90 valence electrons. The Hall–Kier alpha value is -2.63. The number of nitrogens with zero attached hydrogens (tertiary/aromatic N) is 2. The molecule has 0 amide bonds. The molecule has 0 atom stereocenters. The Bertz CT molecular complexity index is 661. The first-order chi connectivity index (χ1) is 8.83. The summed E-state index contributed by atoms with van der Waals surface area (Å²) in [6.07, 6.45) is 1.70. The van der Waals surface area contributed by atoms with Crippen LogP contribution in [0.3, 0.4) is 0 Å². The van der Waals surface area contributed by atoms with Gasteiger partial charge in [-0.1, -0.05) is 35.3 Å². The van der Waals surface area contributed by atoms with Gasteiger partial charge in [0.25, 0.3) is 5.95 Å². The van der Waals surface area contributed by atoms with Crippen LogP contribution in [0.2, 0.25) is 0 Å². The summed E-state index contributed by atoms with van der Waals surface area (Å²) in [6, 6.07) is 10.1. The summed E-state index contributed by atoms with van der Waals surface area (Å²) in [7, 11) is 0. The number of H-pyrrole nitrogens is 2. The molecule has 6 heteroatoms. The van der Waals surface area contributed by atoms with Gasteiger partial charge >= 0.3 is 5.65 Å². The SMILES string of the molecule is Nc1nc(NCc2ccccc2)c2[nH]c[nH+]c2n1. The molecule has 0 fully saturated rings. The van der Waals surface area contributed by atoms with E-state index < -0.39 is 0 Å². The van der Waals surface area contributed by atoms with Gasteiger partial charge in [-0.3, -0.25) is 4.98 Å². The van der Waals surface area contributed by atoms with E-state index in [9.17, 15) is 0 Å². The molecule has 0 saturated heterocycles. The van der Waals surface area contributed by atoms with Crippen LogP contribution in [0.25, 0.3) is 11.2 Å². The van der Waals surface area contributed by atoms with Crippen molar-refractivity contribution in [3.05, 3.63) is 42.2 Å². The van der Waals surface area contributed by atoms with Crippen LogP contribution in [0.1, 0.15) is 5.56 Å². The van der Waals surface area contributed by atoms with Gasteiger partial charge in [0.2, 0.25) is 5.52 Å². The van der Waals surface area contributed by atoms with Gasteiger partial charge in [0, 0.05) is 6.54 Å². The normalized spacial score (nSPS) is 10.7. The van der Waals surface area contributed by atoms with Crippen molar-refractivity contribution in [3.63, 3.8) is 0 Å². The zero-order valence-electron chi connectivity index (χ0n) is 9.64. The lowest BCUT2D eigenvalue weighted by Crippen LogP contribution is -2.07. The van der Waals surface area contributed by atoms with E-state index in [1.54, 1.807) is 6.33 Å². The molecular formula is C12H13N6+. The Balaban J connectivity index is 1.88. The summed E-state index contributed by atoms with van der Waals surface area (Å²) in [5, 5.41) is 3.25. The van der Waals surface area contributed by atoms with Crippen molar-refractivity contribution < 1.29 is 4.98 Å². The van der Waals surface area contributed by atoms with Crippen LogP contribution in [-0.4, -0.2) is 15.0 Å². The van der Waals surface area contributed by atoms with E-state index in [0.29, 0.717) is 18.0 Å². The topological polar surface area (TPSA) is 93.8 Å². The quantitative estimate of drug-likeness (QED) is 0.636. The highest BCUT2D eigenvalue weighted by Crippen LogP contribution is 2.16. The largest absolute Gasteiger partial charge is 0.363 e. The standard InChI is InChI=1S/C12H12N6/c13-12-17-10(9-11(18-12)16-7-15-9)14-6-8-4-2-1-3-5-8/h1-5,7H,6H2,(H4,13,14,15,16,17,18)/p+1. The molecule has 0 radical (unpaired) electrons. The molecule has 0 aliphatic heterocycles. The zero-order chi connectivity index (χ0) is 12.4. The van der Waals surface area contributed by atoms with Crippen molar-refractivity contribution in [2.75, 3.05) is 11.1 Å². The van der Waals surface area contributed by atoms with Crippen LogP contribution in [-0.2, 0) is 6.54 Å². The van der Waals surface area contributed by atoms with E-state index in [-0.39, 0.29) is 5.95 Å². The van der Waals surface area contributed by atoms with Gasteiger partial charge in [0.05, 0.1) is 0 Å². The molecule has 0 bridgehead atoms. The number of benzene rings is 1. The molecule has 0 spiro atoms. The molecule has 3 rings (SSSR count). The minimum atomic E-state index is 0.244. The first-order valence-electron chi connectivity index (χ1n) is 5.63. The molecule has 5 N–H and O–H groups in total. The van der Waals surface area contributed by atoms with Crippen LogP contribution >= 0.6 is 0 Å². The number of aromatic nitrogens is 4. The summed E-state index contributed by atoms with van der Waals surface area (Å²) >= 11 is 0. The smallest absolute Gasteiger partial charge is 0.307 e. The molecule has 0 unspecified atom stereocenters. The number of nitrogens with one attached hydrogen (secondary N) is 3. The molecule has 0 saturated carbocycles. The van der Waals surface area contributed by atoms with Gasteiger partial charge in [-0.15, -0.1) is 0 Å². The van der Waals surface area contributed by atoms with Crippen LogP contribution in [0.4, 0.5) is 11.8 Å². The number of nitrogens with two attached hydrogens (primary N) is 1. The van der Waals surface area contributed by atoms with Crippen LogP contribution in [0.5, 0.6) is 0 Å². The van der Waals surface area contributed by atoms with Gasteiger partial charge in [-0.25, -0.2) is 4.98 Å². The monoisotopic (exact) mass is 241 g/mol. The third kappa shape index (κ3) is 1.95. The number of anilines is 2. The highest BCUT2D eigenvalue weighted by molar-refractivity contribution is 5.81. The highest BCUT2D eigenvalue weighted by Gasteiger charge is 2.13. The van der Waals surface area contributed by atoms with Gasteiger partial charge in [0.15, 0.2) is 12.1 Å². The second-order valence-corrected chi connectivity index (χ2v) is 3.93. The summed E-state index contributed by atoms with van der Waals surface area (Å²) in [6.45, 7) is 0.686. The second kappa shape index (κ2) is 4.33. The molecule has 1 aromatic carbocycles. The summed E-state index contributed by atoms with van der Waals surface area (Å²) in [4.78, 5) is 14.3. The van der Waals surface area contributed by atoms with E-state index in [0.717, 1.165) is 5.52 Å². The van der Waals surface area contributed by atoms with Crippen molar-refractivity contribution in [1.82, 2.24) is 15.0 Å². The maximum Gasteiger partial charge on any atom is 0.307 e. The predicted molar refractivity (Wildman–Crippen MR) is 68.6 cm³/mol. The number of fused-ring (bicyclic) bond motifs is 1. The lowest BCUT2D eigenvalue weighted by atomic mass is 10.2. The molecule has 6 nitrogen and oxygen atoms in total. The predicted octanol–water partition coefficient (Wildman–Crippen LogP) is 0.966. The molecule has 18 heavy (non-hydrogen) atoms. The summed E-state index contributed by atoms with van der Waals surface area (Å²) < 4.78 is 0. The Labute approximate surface area is 103 Å². The minimum absolute atomic E-state index is 0.244. The highest BCUT2D eigenvalue weighted by atomic mass is 15.1. The molecule has 0 aliphatic rings. The number of imidazole rings is 1. The van der Waals surface area contributed by atoms with Crippen LogP contribution in [0.15, 0.2) is 36.7 Å². The Morgan fingerprint density at radius 3 is 2.89 bits per heavy atom. The Kier molecular flexibility index (Phi) is 2.53. The van der Waals surface area contributed by atoms with Crippen LogP contribution in [0, 0.1) is 0 Å². The number of nitrogen functional groups attached to an aromatic ring is 1. The van der Waals surface area contributed by atoms with Gasteiger partial charge in [-0.05, 0) is 5.56 Å². The second-order valence-electron chi connectivity index (χ2n) is 3.93. The Morgan fingerprint density at radius 2 is 2.06 bits per heavy atom. The maximum atomic E-state index is 5.66. The van der Waals surface area contributed by atoms with E-state index in [1.165, 1.54) is 5.56 Å². The number of rotatable bonds is 3. The average molecular weight is 241 g/mol. The number of hydrogen-bond donors (Lipinski definition) is 3. The van der Waals surface area contributed by atoms with E-state index in [4.69, 9.17) is 5.73 Å². The number of hydrogen-bond acceptors (Lipinski definition) is 4. The number of aromatic amines is 2. The fraction of sp³-hybridized carbons (Fsp3) is 0.0833. The first-order valence-corrected chi connectivity index (χ1v) is 5.63.